The first-order chi connectivity index (χ1) is 7.65. The first-order valence-electron chi connectivity index (χ1n) is 4.76. The van der Waals surface area contributed by atoms with Crippen molar-refractivity contribution in [1.29, 1.82) is 0 Å². The Balaban J connectivity index is 2.86. The van der Waals surface area contributed by atoms with Crippen LogP contribution in [0.4, 0.5) is 0 Å². The van der Waals surface area contributed by atoms with Crippen LogP contribution in [0, 0.1) is 6.92 Å². The van der Waals surface area contributed by atoms with E-state index in [1.54, 1.807) is 6.20 Å². The van der Waals surface area contributed by atoms with Crippen molar-refractivity contribution in [2.45, 2.75) is 6.92 Å². The van der Waals surface area contributed by atoms with Crippen LogP contribution in [0.15, 0.2) is 29.0 Å². The summed E-state index contributed by atoms with van der Waals surface area (Å²) in [5.74, 6) is -0.362. The molecule has 0 aliphatic heterocycles. The zero-order chi connectivity index (χ0) is 11.7. The second kappa shape index (κ2) is 4.22. The van der Waals surface area contributed by atoms with E-state index in [9.17, 15) is 4.79 Å². The summed E-state index contributed by atoms with van der Waals surface area (Å²) in [6.07, 6.45) is 3.27. The lowest BCUT2D eigenvalue weighted by molar-refractivity contribution is 0.0602. The van der Waals surface area contributed by atoms with Gasteiger partial charge in [-0.15, -0.1) is 0 Å². The van der Waals surface area contributed by atoms with E-state index in [1.807, 2.05) is 19.1 Å². The fourth-order valence-electron chi connectivity index (χ4n) is 1.70. The molecular weight excluding hydrogens is 270 g/mol. The van der Waals surface area contributed by atoms with E-state index in [-0.39, 0.29) is 5.97 Å². The zero-order valence-electron chi connectivity index (χ0n) is 8.95. The van der Waals surface area contributed by atoms with Crippen LogP contribution in [-0.4, -0.2) is 18.1 Å². The number of rotatable bonds is 1. The predicted octanol–water partition coefficient (Wildman–Crippen LogP) is 3.09. The van der Waals surface area contributed by atoms with E-state index in [0.29, 0.717) is 5.56 Å². The van der Waals surface area contributed by atoms with E-state index in [4.69, 9.17) is 4.74 Å². The minimum atomic E-state index is -0.362. The molecule has 0 aliphatic carbocycles. The lowest BCUT2D eigenvalue weighted by Crippen LogP contribution is -2.03. The highest BCUT2D eigenvalue weighted by molar-refractivity contribution is 9.10. The minimum absolute atomic E-state index is 0.362. The normalized spacial score (nSPS) is 10.4. The van der Waals surface area contributed by atoms with E-state index in [2.05, 4.69) is 20.9 Å². The van der Waals surface area contributed by atoms with Crippen LogP contribution >= 0.6 is 15.9 Å². The summed E-state index contributed by atoms with van der Waals surface area (Å²) in [7, 11) is 1.37. The summed E-state index contributed by atoms with van der Waals surface area (Å²) < 4.78 is 5.67. The van der Waals surface area contributed by atoms with Gasteiger partial charge in [0.25, 0.3) is 0 Å². The summed E-state index contributed by atoms with van der Waals surface area (Å²) in [5, 5.41) is 1.80. The third-order valence-electron chi connectivity index (χ3n) is 2.48. The van der Waals surface area contributed by atoms with Crippen molar-refractivity contribution in [3.63, 3.8) is 0 Å². The molecule has 0 unspecified atom stereocenters. The molecule has 3 nitrogen and oxygen atoms in total. The Labute approximate surface area is 102 Å². The molecule has 0 saturated heterocycles. The van der Waals surface area contributed by atoms with Gasteiger partial charge in [-0.1, -0.05) is 22.0 Å². The van der Waals surface area contributed by atoms with Crippen molar-refractivity contribution in [2.24, 2.45) is 0 Å². The van der Waals surface area contributed by atoms with Crippen molar-refractivity contribution in [1.82, 2.24) is 4.98 Å². The molecule has 4 heteroatoms. The lowest BCUT2D eigenvalue weighted by Gasteiger charge is -2.08. The number of esters is 1. The molecule has 82 valence electrons. The largest absolute Gasteiger partial charge is 0.465 e. The molecule has 0 fully saturated rings. The first-order valence-corrected chi connectivity index (χ1v) is 5.55. The van der Waals surface area contributed by atoms with Crippen LogP contribution in [0.5, 0.6) is 0 Å². The first kappa shape index (κ1) is 11.1. The monoisotopic (exact) mass is 279 g/mol. The standard InChI is InChI=1S/C12H10BrNO2/c1-7-3-4-10(13)8-5-14-6-9(11(7)8)12(15)16-2/h3-6H,1-2H3. The SMILES string of the molecule is COC(=O)c1cncc2c(Br)ccc(C)c12. The van der Waals surface area contributed by atoms with Gasteiger partial charge in [0.15, 0.2) is 0 Å². The average Bonchev–Trinajstić information content (AvgIpc) is 2.32. The summed E-state index contributed by atoms with van der Waals surface area (Å²) >= 11 is 3.44. The smallest absolute Gasteiger partial charge is 0.340 e. The van der Waals surface area contributed by atoms with E-state index >= 15 is 0 Å². The molecule has 2 aromatic rings. The van der Waals surface area contributed by atoms with E-state index in [0.717, 1.165) is 20.8 Å². The molecule has 2 rings (SSSR count). The highest BCUT2D eigenvalue weighted by atomic mass is 79.9. The number of hydrogen-bond acceptors (Lipinski definition) is 3. The van der Waals surface area contributed by atoms with E-state index in [1.165, 1.54) is 13.3 Å². The van der Waals surface area contributed by atoms with Crippen LogP contribution in [0.25, 0.3) is 10.8 Å². The number of methoxy groups -OCH3 is 1. The Kier molecular flexibility index (Phi) is 2.92. The topological polar surface area (TPSA) is 39.2 Å². The maximum Gasteiger partial charge on any atom is 0.340 e. The number of carbonyl (C=O) groups is 1. The Morgan fingerprint density at radius 1 is 1.38 bits per heavy atom. The van der Waals surface area contributed by atoms with Gasteiger partial charge in [0, 0.05) is 27.6 Å². The van der Waals surface area contributed by atoms with Gasteiger partial charge < -0.3 is 4.74 Å². The number of halogens is 1. The third kappa shape index (κ3) is 1.69. The number of aryl methyl sites for hydroxylation is 1. The molecule has 0 radical (unpaired) electrons. The van der Waals surface area contributed by atoms with Gasteiger partial charge in [-0.05, 0) is 18.6 Å². The Morgan fingerprint density at radius 3 is 2.81 bits per heavy atom. The van der Waals surface area contributed by atoms with Crippen molar-refractivity contribution in [2.75, 3.05) is 7.11 Å². The summed E-state index contributed by atoms with van der Waals surface area (Å²) in [6, 6.07) is 3.90. The Bertz CT molecular complexity index is 566. The fraction of sp³-hybridized carbons (Fsp3) is 0.167. The maximum atomic E-state index is 11.6. The van der Waals surface area contributed by atoms with Gasteiger partial charge in [0.2, 0.25) is 0 Å². The number of benzene rings is 1. The summed E-state index contributed by atoms with van der Waals surface area (Å²) in [5.41, 5.74) is 1.53. The van der Waals surface area contributed by atoms with Gasteiger partial charge in [-0.2, -0.15) is 0 Å². The van der Waals surface area contributed by atoms with Gasteiger partial charge in [0.05, 0.1) is 12.7 Å². The average molecular weight is 280 g/mol. The zero-order valence-corrected chi connectivity index (χ0v) is 10.5. The van der Waals surface area contributed by atoms with Crippen LogP contribution < -0.4 is 0 Å². The van der Waals surface area contributed by atoms with Crippen molar-refractivity contribution in [3.8, 4) is 0 Å². The highest BCUT2D eigenvalue weighted by Crippen LogP contribution is 2.28. The number of pyridine rings is 1. The number of nitrogens with zero attached hydrogens (tertiary/aromatic N) is 1. The summed E-state index contributed by atoms with van der Waals surface area (Å²) in [6.45, 7) is 1.96. The fourth-order valence-corrected chi connectivity index (χ4v) is 2.14. The van der Waals surface area contributed by atoms with Gasteiger partial charge >= 0.3 is 5.97 Å². The second-order valence-corrected chi connectivity index (χ2v) is 4.32. The van der Waals surface area contributed by atoms with Crippen LogP contribution in [0.2, 0.25) is 0 Å². The van der Waals surface area contributed by atoms with Gasteiger partial charge in [0.1, 0.15) is 0 Å². The van der Waals surface area contributed by atoms with Crippen LogP contribution in [0.3, 0.4) is 0 Å². The molecule has 0 N–H and O–H groups in total. The van der Waals surface area contributed by atoms with Crippen molar-refractivity contribution < 1.29 is 9.53 Å². The highest BCUT2D eigenvalue weighted by Gasteiger charge is 2.13. The van der Waals surface area contributed by atoms with Crippen LogP contribution in [-0.2, 0) is 4.74 Å². The molecule has 1 heterocycles. The third-order valence-corrected chi connectivity index (χ3v) is 3.17. The molecule has 0 atom stereocenters. The Morgan fingerprint density at radius 2 is 2.12 bits per heavy atom. The van der Waals surface area contributed by atoms with E-state index < -0.39 is 0 Å². The molecule has 0 saturated carbocycles. The van der Waals surface area contributed by atoms with Crippen LogP contribution in [0.1, 0.15) is 15.9 Å². The predicted molar refractivity (Wildman–Crippen MR) is 65.5 cm³/mol. The molecular formula is C12H10BrNO2. The number of carbonyl (C=O) groups excluding carboxylic acids is 1. The minimum Gasteiger partial charge on any atom is -0.465 e. The molecule has 0 spiro atoms. The van der Waals surface area contributed by atoms with Crippen molar-refractivity contribution in [3.05, 3.63) is 40.1 Å². The summed E-state index contributed by atoms with van der Waals surface area (Å²) in [4.78, 5) is 15.7. The quantitative estimate of drug-likeness (QED) is 0.753. The second-order valence-electron chi connectivity index (χ2n) is 3.47. The number of aromatic nitrogens is 1. The van der Waals surface area contributed by atoms with Crippen molar-refractivity contribution >= 4 is 32.7 Å². The number of fused-ring (bicyclic) bond motifs is 1. The lowest BCUT2D eigenvalue weighted by atomic mass is 10.0. The molecule has 1 aromatic heterocycles. The molecule has 1 aromatic carbocycles. The molecule has 16 heavy (non-hydrogen) atoms. The molecule has 0 bridgehead atoms. The number of ether oxygens (including phenoxy) is 1. The molecule has 0 amide bonds. The number of hydrogen-bond donors (Lipinski definition) is 0. The van der Waals surface area contributed by atoms with Gasteiger partial charge in [-0.3, -0.25) is 4.98 Å². The van der Waals surface area contributed by atoms with Gasteiger partial charge in [-0.25, -0.2) is 4.79 Å². The molecule has 0 aliphatic rings. The maximum absolute atomic E-state index is 11.6. The Hall–Kier alpha value is -1.42.